The van der Waals surface area contributed by atoms with Gasteiger partial charge in [-0.2, -0.15) is 0 Å². The molecule has 0 aliphatic carbocycles. The third-order valence-electron chi connectivity index (χ3n) is 3.27. The van der Waals surface area contributed by atoms with Crippen molar-refractivity contribution in [3.05, 3.63) is 58.4 Å². The van der Waals surface area contributed by atoms with E-state index in [4.69, 9.17) is 5.73 Å². The van der Waals surface area contributed by atoms with Crippen LogP contribution in [0.2, 0.25) is 0 Å². The molecule has 1 heterocycles. The molecule has 1 aromatic heterocycles. The summed E-state index contributed by atoms with van der Waals surface area (Å²) in [5, 5.41) is 0. The lowest BCUT2D eigenvalue weighted by Gasteiger charge is -2.11. The van der Waals surface area contributed by atoms with Gasteiger partial charge in [0.05, 0.1) is 0 Å². The third-order valence-corrected chi connectivity index (χ3v) is 3.27. The molecule has 2 rings (SSSR count). The van der Waals surface area contributed by atoms with Crippen molar-refractivity contribution in [2.75, 3.05) is 5.73 Å². The predicted molar refractivity (Wildman–Crippen MR) is 72.1 cm³/mol. The first-order chi connectivity index (χ1) is 8.08. The number of pyridine rings is 1. The van der Waals surface area contributed by atoms with E-state index in [1.807, 2.05) is 12.3 Å². The van der Waals surface area contributed by atoms with Gasteiger partial charge in [0.1, 0.15) is 0 Å². The van der Waals surface area contributed by atoms with E-state index in [1.54, 1.807) is 6.20 Å². The molecule has 88 valence electrons. The predicted octanol–water partition coefficient (Wildman–Crippen LogP) is 3.18. The molecule has 2 heteroatoms. The average Bonchev–Trinajstić information content (AvgIpc) is 2.29. The van der Waals surface area contributed by atoms with Crippen LogP contribution in [-0.4, -0.2) is 4.98 Å². The molecule has 0 saturated heterocycles. The van der Waals surface area contributed by atoms with E-state index in [0.717, 1.165) is 17.7 Å². The molecule has 0 saturated carbocycles. The normalized spacial score (nSPS) is 10.5. The molecular weight excluding hydrogens is 208 g/mol. The van der Waals surface area contributed by atoms with Gasteiger partial charge in [0.2, 0.25) is 0 Å². The molecule has 0 aliphatic rings. The summed E-state index contributed by atoms with van der Waals surface area (Å²) < 4.78 is 0. The average molecular weight is 226 g/mol. The van der Waals surface area contributed by atoms with Crippen molar-refractivity contribution in [1.29, 1.82) is 0 Å². The molecular formula is C15H18N2. The Kier molecular flexibility index (Phi) is 3.14. The minimum atomic E-state index is 0.817. The first-order valence-electron chi connectivity index (χ1n) is 5.83. The second kappa shape index (κ2) is 4.58. The summed E-state index contributed by atoms with van der Waals surface area (Å²) in [5.74, 6) is 0. The molecule has 0 aliphatic heterocycles. The molecule has 0 amide bonds. The van der Waals surface area contributed by atoms with Gasteiger partial charge in [-0.1, -0.05) is 12.1 Å². The summed E-state index contributed by atoms with van der Waals surface area (Å²) in [4.78, 5) is 4.13. The number of hydrogen-bond donors (Lipinski definition) is 1. The van der Waals surface area contributed by atoms with Gasteiger partial charge in [-0.3, -0.25) is 4.98 Å². The lowest BCUT2D eigenvalue weighted by atomic mass is 9.96. The Morgan fingerprint density at radius 2 is 1.71 bits per heavy atom. The number of aromatic nitrogens is 1. The maximum absolute atomic E-state index is 5.95. The Labute approximate surface area is 103 Å². The number of benzene rings is 1. The SMILES string of the molecule is Cc1cc(C)c(Cc2cnccc2N)cc1C. The number of rotatable bonds is 2. The van der Waals surface area contributed by atoms with E-state index in [9.17, 15) is 0 Å². The number of hydrogen-bond acceptors (Lipinski definition) is 2. The minimum Gasteiger partial charge on any atom is -0.398 e. The fourth-order valence-electron chi connectivity index (χ4n) is 2.00. The van der Waals surface area contributed by atoms with Gasteiger partial charge in [0.15, 0.2) is 0 Å². The highest BCUT2D eigenvalue weighted by atomic mass is 14.7. The molecule has 2 N–H and O–H groups in total. The summed E-state index contributed by atoms with van der Waals surface area (Å²) in [6, 6.07) is 6.33. The van der Waals surface area contributed by atoms with Crippen molar-refractivity contribution < 1.29 is 0 Å². The molecule has 2 aromatic rings. The minimum absolute atomic E-state index is 0.817. The topological polar surface area (TPSA) is 38.9 Å². The molecule has 0 unspecified atom stereocenters. The van der Waals surface area contributed by atoms with Crippen LogP contribution in [0.1, 0.15) is 27.8 Å². The van der Waals surface area contributed by atoms with Gasteiger partial charge in [-0.25, -0.2) is 0 Å². The van der Waals surface area contributed by atoms with Gasteiger partial charge >= 0.3 is 0 Å². The van der Waals surface area contributed by atoms with Crippen molar-refractivity contribution in [2.24, 2.45) is 0 Å². The molecule has 1 aromatic carbocycles. The lowest BCUT2D eigenvalue weighted by molar-refractivity contribution is 1.11. The Morgan fingerprint density at radius 1 is 1.00 bits per heavy atom. The number of anilines is 1. The maximum Gasteiger partial charge on any atom is 0.0380 e. The number of aryl methyl sites for hydroxylation is 3. The molecule has 0 atom stereocenters. The summed E-state index contributed by atoms with van der Waals surface area (Å²) in [6.07, 6.45) is 4.43. The van der Waals surface area contributed by atoms with E-state index >= 15 is 0 Å². The van der Waals surface area contributed by atoms with E-state index in [2.05, 4.69) is 37.9 Å². The second-order valence-electron chi connectivity index (χ2n) is 4.61. The summed E-state index contributed by atoms with van der Waals surface area (Å²) in [5.41, 5.74) is 13.2. The quantitative estimate of drug-likeness (QED) is 0.854. The van der Waals surface area contributed by atoms with Crippen LogP contribution >= 0.6 is 0 Å². The van der Waals surface area contributed by atoms with Gasteiger partial charge < -0.3 is 5.73 Å². The van der Waals surface area contributed by atoms with Gasteiger partial charge in [0.25, 0.3) is 0 Å². The van der Waals surface area contributed by atoms with Crippen LogP contribution in [0, 0.1) is 20.8 Å². The summed E-state index contributed by atoms with van der Waals surface area (Å²) in [7, 11) is 0. The second-order valence-corrected chi connectivity index (χ2v) is 4.61. The first kappa shape index (κ1) is 11.6. The molecule has 2 nitrogen and oxygen atoms in total. The van der Waals surface area contributed by atoms with Crippen molar-refractivity contribution in [3.63, 3.8) is 0 Å². The van der Waals surface area contributed by atoms with Crippen LogP contribution in [0.25, 0.3) is 0 Å². The van der Waals surface area contributed by atoms with E-state index in [0.29, 0.717) is 0 Å². The van der Waals surface area contributed by atoms with Gasteiger partial charge in [0, 0.05) is 24.5 Å². The highest BCUT2D eigenvalue weighted by Gasteiger charge is 2.05. The molecule has 17 heavy (non-hydrogen) atoms. The third kappa shape index (κ3) is 2.47. The summed E-state index contributed by atoms with van der Waals surface area (Å²) >= 11 is 0. The molecule has 0 radical (unpaired) electrons. The lowest BCUT2D eigenvalue weighted by Crippen LogP contribution is -1.99. The standard InChI is InChI=1S/C15H18N2/c1-10-6-12(3)13(7-11(10)2)8-14-9-17-5-4-15(14)16/h4-7,9H,8H2,1-3H3,(H2,16,17). The zero-order valence-electron chi connectivity index (χ0n) is 10.6. The smallest absolute Gasteiger partial charge is 0.0380 e. The van der Waals surface area contributed by atoms with Crippen LogP contribution in [-0.2, 0) is 6.42 Å². The Morgan fingerprint density at radius 3 is 2.41 bits per heavy atom. The van der Waals surface area contributed by atoms with Gasteiger partial charge in [-0.05, 0) is 54.7 Å². The molecule has 0 spiro atoms. The fraction of sp³-hybridized carbons (Fsp3) is 0.267. The van der Waals surface area contributed by atoms with Crippen molar-refractivity contribution in [2.45, 2.75) is 27.2 Å². The molecule has 0 bridgehead atoms. The Hall–Kier alpha value is -1.83. The maximum atomic E-state index is 5.95. The number of nitrogen functional groups attached to an aromatic ring is 1. The fourth-order valence-corrected chi connectivity index (χ4v) is 2.00. The van der Waals surface area contributed by atoms with Crippen LogP contribution < -0.4 is 5.73 Å². The summed E-state index contributed by atoms with van der Waals surface area (Å²) in [6.45, 7) is 6.43. The number of nitrogens with zero attached hydrogens (tertiary/aromatic N) is 1. The van der Waals surface area contributed by atoms with Crippen molar-refractivity contribution in [1.82, 2.24) is 4.98 Å². The molecule has 0 fully saturated rings. The monoisotopic (exact) mass is 226 g/mol. The van der Waals surface area contributed by atoms with Crippen molar-refractivity contribution in [3.8, 4) is 0 Å². The van der Waals surface area contributed by atoms with Crippen LogP contribution in [0.4, 0.5) is 5.69 Å². The van der Waals surface area contributed by atoms with Gasteiger partial charge in [-0.15, -0.1) is 0 Å². The highest BCUT2D eigenvalue weighted by Crippen LogP contribution is 2.20. The van der Waals surface area contributed by atoms with E-state index in [-0.39, 0.29) is 0 Å². The zero-order chi connectivity index (χ0) is 12.4. The Balaban J connectivity index is 2.37. The van der Waals surface area contributed by atoms with Crippen LogP contribution in [0.5, 0.6) is 0 Å². The van der Waals surface area contributed by atoms with E-state index < -0.39 is 0 Å². The van der Waals surface area contributed by atoms with Crippen molar-refractivity contribution >= 4 is 5.69 Å². The zero-order valence-corrected chi connectivity index (χ0v) is 10.6. The highest BCUT2D eigenvalue weighted by molar-refractivity contribution is 5.48. The van der Waals surface area contributed by atoms with Crippen LogP contribution in [0.3, 0.4) is 0 Å². The largest absolute Gasteiger partial charge is 0.398 e. The van der Waals surface area contributed by atoms with Crippen LogP contribution in [0.15, 0.2) is 30.6 Å². The van der Waals surface area contributed by atoms with E-state index in [1.165, 1.54) is 22.3 Å². The first-order valence-corrected chi connectivity index (χ1v) is 5.83. The Bertz CT molecular complexity index is 545. The number of nitrogens with two attached hydrogens (primary N) is 1.